The van der Waals surface area contributed by atoms with Crippen molar-refractivity contribution in [3.63, 3.8) is 0 Å². The van der Waals surface area contributed by atoms with Crippen LogP contribution in [0.25, 0.3) is 0 Å². The molecule has 0 saturated carbocycles. The van der Waals surface area contributed by atoms with E-state index in [4.69, 9.17) is 0 Å². The highest BCUT2D eigenvalue weighted by atomic mass is 16.1. The number of nitrogens with zero attached hydrogens (tertiary/aromatic N) is 1. The molecular formula is C15H18N4O. The third-order valence-corrected chi connectivity index (χ3v) is 3.71. The summed E-state index contributed by atoms with van der Waals surface area (Å²) in [7, 11) is 0. The average molecular weight is 270 g/mol. The number of rotatable bonds is 2. The van der Waals surface area contributed by atoms with Crippen LogP contribution in [0.1, 0.15) is 32.9 Å². The number of aryl methyl sites for hydroxylation is 2. The van der Waals surface area contributed by atoms with Gasteiger partial charge in [0.15, 0.2) is 0 Å². The molecule has 104 valence electrons. The number of nitrogens with one attached hydrogen (secondary N) is 3. The SMILES string of the molecule is Cc1n[nH]c(C)c1C(=O)Nc1ccc2c(c1)CNCC2. The molecule has 0 atom stereocenters. The average Bonchev–Trinajstić information content (AvgIpc) is 2.78. The third-order valence-electron chi connectivity index (χ3n) is 3.71. The summed E-state index contributed by atoms with van der Waals surface area (Å²) in [6.45, 7) is 5.57. The summed E-state index contributed by atoms with van der Waals surface area (Å²) < 4.78 is 0. The molecule has 1 aliphatic rings. The van der Waals surface area contributed by atoms with Gasteiger partial charge in [-0.2, -0.15) is 5.10 Å². The van der Waals surface area contributed by atoms with Gasteiger partial charge in [0.05, 0.1) is 11.3 Å². The Morgan fingerprint density at radius 3 is 2.90 bits per heavy atom. The Balaban J connectivity index is 1.83. The molecule has 0 bridgehead atoms. The molecule has 5 nitrogen and oxygen atoms in total. The lowest BCUT2D eigenvalue weighted by atomic mass is 10.0. The second kappa shape index (κ2) is 5.09. The molecule has 2 heterocycles. The minimum absolute atomic E-state index is 0.113. The quantitative estimate of drug-likeness (QED) is 0.781. The first-order chi connectivity index (χ1) is 9.65. The van der Waals surface area contributed by atoms with Gasteiger partial charge in [-0.15, -0.1) is 0 Å². The number of anilines is 1. The van der Waals surface area contributed by atoms with Gasteiger partial charge in [0.1, 0.15) is 0 Å². The molecule has 2 aromatic rings. The number of hydrogen-bond acceptors (Lipinski definition) is 3. The smallest absolute Gasteiger partial charge is 0.259 e. The van der Waals surface area contributed by atoms with Crippen molar-refractivity contribution < 1.29 is 4.79 Å². The number of hydrogen-bond donors (Lipinski definition) is 3. The van der Waals surface area contributed by atoms with E-state index in [0.29, 0.717) is 5.56 Å². The third kappa shape index (κ3) is 2.32. The molecule has 20 heavy (non-hydrogen) atoms. The molecule has 1 amide bonds. The van der Waals surface area contributed by atoms with Crippen LogP contribution in [-0.2, 0) is 13.0 Å². The Morgan fingerprint density at radius 1 is 1.30 bits per heavy atom. The Hall–Kier alpha value is -2.14. The predicted molar refractivity (Wildman–Crippen MR) is 77.9 cm³/mol. The second-order valence-corrected chi connectivity index (χ2v) is 5.17. The Labute approximate surface area is 117 Å². The van der Waals surface area contributed by atoms with E-state index < -0.39 is 0 Å². The standard InChI is InChI=1S/C15H18N4O/c1-9-14(10(2)19-18-9)15(20)17-13-4-3-11-5-6-16-8-12(11)7-13/h3-4,7,16H,5-6,8H2,1-2H3,(H,17,20)(H,18,19). The van der Waals surface area contributed by atoms with Gasteiger partial charge in [0.2, 0.25) is 0 Å². The summed E-state index contributed by atoms with van der Waals surface area (Å²) in [5, 5.41) is 13.2. The lowest BCUT2D eigenvalue weighted by molar-refractivity contribution is 0.102. The van der Waals surface area contributed by atoms with Crippen LogP contribution in [0, 0.1) is 13.8 Å². The largest absolute Gasteiger partial charge is 0.322 e. The summed E-state index contributed by atoms with van der Waals surface area (Å²) >= 11 is 0. The monoisotopic (exact) mass is 270 g/mol. The number of fused-ring (bicyclic) bond motifs is 1. The van der Waals surface area contributed by atoms with Crippen molar-refractivity contribution in [1.82, 2.24) is 15.5 Å². The van der Waals surface area contributed by atoms with Crippen LogP contribution in [0.15, 0.2) is 18.2 Å². The molecule has 0 unspecified atom stereocenters. The highest BCUT2D eigenvalue weighted by Gasteiger charge is 2.16. The van der Waals surface area contributed by atoms with E-state index in [-0.39, 0.29) is 5.91 Å². The number of carbonyl (C=O) groups excluding carboxylic acids is 1. The van der Waals surface area contributed by atoms with Gasteiger partial charge < -0.3 is 10.6 Å². The summed E-state index contributed by atoms with van der Waals surface area (Å²) in [5.74, 6) is -0.113. The Bertz CT molecular complexity index is 640. The van der Waals surface area contributed by atoms with Crippen molar-refractivity contribution in [2.24, 2.45) is 0 Å². The van der Waals surface area contributed by atoms with Crippen LogP contribution < -0.4 is 10.6 Å². The number of amides is 1. The minimum atomic E-state index is -0.113. The van der Waals surface area contributed by atoms with Crippen molar-refractivity contribution in [1.29, 1.82) is 0 Å². The topological polar surface area (TPSA) is 69.8 Å². The van der Waals surface area contributed by atoms with Crippen LogP contribution in [0.4, 0.5) is 5.69 Å². The molecular weight excluding hydrogens is 252 g/mol. The summed E-state index contributed by atoms with van der Waals surface area (Å²) in [5.41, 5.74) is 5.59. The molecule has 0 fully saturated rings. The zero-order chi connectivity index (χ0) is 14.1. The first-order valence-electron chi connectivity index (χ1n) is 6.80. The van der Waals surface area contributed by atoms with Crippen molar-refractivity contribution in [3.05, 3.63) is 46.3 Å². The fraction of sp³-hybridized carbons (Fsp3) is 0.333. The van der Waals surface area contributed by atoms with E-state index in [0.717, 1.165) is 36.6 Å². The summed E-state index contributed by atoms with van der Waals surface area (Å²) in [4.78, 5) is 12.3. The van der Waals surface area contributed by atoms with Gasteiger partial charge >= 0.3 is 0 Å². The van der Waals surface area contributed by atoms with Crippen LogP contribution in [-0.4, -0.2) is 22.6 Å². The van der Waals surface area contributed by atoms with Crippen molar-refractivity contribution >= 4 is 11.6 Å². The zero-order valence-electron chi connectivity index (χ0n) is 11.7. The lowest BCUT2D eigenvalue weighted by Gasteiger charge is -2.18. The number of aromatic nitrogens is 2. The van der Waals surface area contributed by atoms with Gasteiger partial charge in [-0.25, -0.2) is 0 Å². The first-order valence-corrected chi connectivity index (χ1v) is 6.80. The molecule has 0 aliphatic carbocycles. The van der Waals surface area contributed by atoms with E-state index in [2.05, 4.69) is 26.9 Å². The van der Waals surface area contributed by atoms with Crippen molar-refractivity contribution in [2.45, 2.75) is 26.8 Å². The highest BCUT2D eigenvalue weighted by molar-refractivity contribution is 6.05. The van der Waals surface area contributed by atoms with Gasteiger partial charge in [-0.1, -0.05) is 6.07 Å². The molecule has 1 aromatic heterocycles. The molecule has 3 N–H and O–H groups in total. The fourth-order valence-electron chi connectivity index (χ4n) is 2.64. The fourth-order valence-corrected chi connectivity index (χ4v) is 2.64. The summed E-state index contributed by atoms with van der Waals surface area (Å²) in [6.07, 6.45) is 1.05. The molecule has 0 saturated heterocycles. The highest BCUT2D eigenvalue weighted by Crippen LogP contribution is 2.20. The van der Waals surface area contributed by atoms with E-state index in [1.807, 2.05) is 26.0 Å². The molecule has 0 radical (unpaired) electrons. The van der Waals surface area contributed by atoms with Gasteiger partial charge in [0.25, 0.3) is 5.91 Å². The van der Waals surface area contributed by atoms with E-state index in [1.165, 1.54) is 11.1 Å². The molecule has 3 rings (SSSR count). The minimum Gasteiger partial charge on any atom is -0.322 e. The Morgan fingerprint density at radius 2 is 2.15 bits per heavy atom. The normalized spacial score (nSPS) is 13.9. The number of H-pyrrole nitrogens is 1. The van der Waals surface area contributed by atoms with Crippen LogP contribution in [0.5, 0.6) is 0 Å². The maximum Gasteiger partial charge on any atom is 0.259 e. The first kappa shape index (κ1) is 12.9. The van der Waals surface area contributed by atoms with Gasteiger partial charge in [0, 0.05) is 17.9 Å². The van der Waals surface area contributed by atoms with Gasteiger partial charge in [-0.3, -0.25) is 9.89 Å². The second-order valence-electron chi connectivity index (χ2n) is 5.17. The van der Waals surface area contributed by atoms with E-state index in [9.17, 15) is 4.79 Å². The summed E-state index contributed by atoms with van der Waals surface area (Å²) in [6, 6.07) is 6.11. The number of aromatic amines is 1. The lowest BCUT2D eigenvalue weighted by Crippen LogP contribution is -2.23. The molecule has 1 aliphatic heterocycles. The molecule has 5 heteroatoms. The number of benzene rings is 1. The van der Waals surface area contributed by atoms with Crippen molar-refractivity contribution in [2.75, 3.05) is 11.9 Å². The van der Waals surface area contributed by atoms with Crippen LogP contribution in [0.2, 0.25) is 0 Å². The molecule has 1 aromatic carbocycles. The van der Waals surface area contributed by atoms with Crippen LogP contribution >= 0.6 is 0 Å². The number of carbonyl (C=O) groups is 1. The predicted octanol–water partition coefficient (Wildman–Crippen LogP) is 1.92. The zero-order valence-corrected chi connectivity index (χ0v) is 11.7. The van der Waals surface area contributed by atoms with E-state index in [1.54, 1.807) is 0 Å². The van der Waals surface area contributed by atoms with Crippen LogP contribution in [0.3, 0.4) is 0 Å². The van der Waals surface area contributed by atoms with Crippen molar-refractivity contribution in [3.8, 4) is 0 Å². The maximum atomic E-state index is 12.3. The van der Waals surface area contributed by atoms with E-state index >= 15 is 0 Å². The maximum absolute atomic E-state index is 12.3. The molecule has 0 spiro atoms. The van der Waals surface area contributed by atoms with Gasteiger partial charge in [-0.05, 0) is 50.1 Å². The Kier molecular flexibility index (Phi) is 3.28.